The van der Waals surface area contributed by atoms with Crippen LogP contribution in [0.1, 0.15) is 32.6 Å². The summed E-state index contributed by atoms with van der Waals surface area (Å²) < 4.78 is 45.3. The van der Waals surface area contributed by atoms with Crippen molar-refractivity contribution in [1.82, 2.24) is 9.62 Å². The zero-order valence-electron chi connectivity index (χ0n) is 15.3. The monoisotopic (exact) mass is 386 g/mol. The van der Waals surface area contributed by atoms with Gasteiger partial charge in [0, 0.05) is 13.1 Å². The number of halogens is 1. The minimum atomic E-state index is -3.65. The molecule has 0 unspecified atom stereocenters. The van der Waals surface area contributed by atoms with Gasteiger partial charge in [0.25, 0.3) is 0 Å². The molecule has 0 aromatic heterocycles. The molecule has 1 aromatic carbocycles. The number of carbonyl (C=O) groups is 1. The highest BCUT2D eigenvalue weighted by molar-refractivity contribution is 7.90. The third kappa shape index (κ3) is 6.92. The fraction of sp³-hybridized carbons (Fsp3) is 0.611. The van der Waals surface area contributed by atoms with Gasteiger partial charge in [0.05, 0.1) is 6.54 Å². The van der Waals surface area contributed by atoms with Gasteiger partial charge in [-0.25, -0.2) is 17.5 Å². The number of amides is 1. The molecule has 26 heavy (non-hydrogen) atoms. The number of nitrogens with one attached hydrogen (secondary N) is 1. The van der Waals surface area contributed by atoms with E-state index in [1.54, 1.807) is 0 Å². The van der Waals surface area contributed by atoms with Crippen LogP contribution in [0.25, 0.3) is 0 Å². The molecule has 0 aliphatic heterocycles. The molecule has 8 heteroatoms. The average molecular weight is 386 g/mol. The second-order valence-electron chi connectivity index (χ2n) is 6.95. The van der Waals surface area contributed by atoms with Crippen molar-refractivity contribution >= 4 is 15.9 Å². The Bertz CT molecular complexity index is 686. The molecule has 1 aliphatic carbocycles. The van der Waals surface area contributed by atoms with Crippen LogP contribution in [0, 0.1) is 11.7 Å². The summed E-state index contributed by atoms with van der Waals surface area (Å²) in [5.41, 5.74) is 0. The van der Waals surface area contributed by atoms with Gasteiger partial charge in [0.1, 0.15) is 23.9 Å². The molecule has 1 amide bonds. The summed E-state index contributed by atoms with van der Waals surface area (Å²) in [6.45, 7) is 2.60. The SMILES string of the molecule is CC1CCC(NS(=O)(=O)CC(=O)N(C)CCOc2ccc(F)cc2)CC1. The highest BCUT2D eigenvalue weighted by Gasteiger charge is 2.25. The van der Waals surface area contributed by atoms with E-state index >= 15 is 0 Å². The Balaban J connectivity index is 1.73. The predicted molar refractivity (Wildman–Crippen MR) is 97.9 cm³/mol. The van der Waals surface area contributed by atoms with Crippen LogP contribution in [0.4, 0.5) is 4.39 Å². The maximum Gasteiger partial charge on any atom is 0.239 e. The number of hydrogen-bond donors (Lipinski definition) is 1. The Kier molecular flexibility index (Phi) is 7.40. The number of nitrogens with zero attached hydrogens (tertiary/aromatic N) is 1. The first-order chi connectivity index (χ1) is 12.2. The van der Waals surface area contributed by atoms with Crippen molar-refractivity contribution in [3.63, 3.8) is 0 Å². The molecule has 0 spiro atoms. The number of carbonyl (C=O) groups excluding carboxylic acids is 1. The third-order valence-corrected chi connectivity index (χ3v) is 5.93. The van der Waals surface area contributed by atoms with Crippen molar-refractivity contribution in [2.75, 3.05) is 26.0 Å². The minimum absolute atomic E-state index is 0.0730. The molecule has 0 radical (unpaired) electrons. The van der Waals surface area contributed by atoms with E-state index < -0.39 is 21.7 Å². The third-order valence-electron chi connectivity index (χ3n) is 4.61. The van der Waals surface area contributed by atoms with E-state index in [2.05, 4.69) is 11.6 Å². The lowest BCUT2D eigenvalue weighted by molar-refractivity contribution is -0.127. The number of benzene rings is 1. The lowest BCUT2D eigenvalue weighted by Crippen LogP contribution is -2.43. The van der Waals surface area contributed by atoms with Gasteiger partial charge in [0.2, 0.25) is 15.9 Å². The van der Waals surface area contributed by atoms with Crippen molar-refractivity contribution in [1.29, 1.82) is 0 Å². The van der Waals surface area contributed by atoms with Crippen LogP contribution in [-0.4, -0.2) is 51.2 Å². The average Bonchev–Trinajstić information content (AvgIpc) is 2.58. The molecule has 0 heterocycles. The molecular formula is C18H27FN2O4S. The van der Waals surface area contributed by atoms with Gasteiger partial charge >= 0.3 is 0 Å². The largest absolute Gasteiger partial charge is 0.492 e. The Morgan fingerprint density at radius 1 is 1.23 bits per heavy atom. The summed E-state index contributed by atoms with van der Waals surface area (Å²) in [6, 6.07) is 5.49. The van der Waals surface area contributed by atoms with Gasteiger partial charge in [-0.3, -0.25) is 4.79 Å². The van der Waals surface area contributed by atoms with Gasteiger partial charge < -0.3 is 9.64 Å². The van der Waals surface area contributed by atoms with Crippen LogP contribution in [0.15, 0.2) is 24.3 Å². The summed E-state index contributed by atoms with van der Waals surface area (Å²) in [6.07, 6.45) is 3.63. The second kappa shape index (κ2) is 9.32. The molecule has 146 valence electrons. The topological polar surface area (TPSA) is 75.7 Å². The number of rotatable bonds is 8. The summed E-state index contributed by atoms with van der Waals surface area (Å²) in [7, 11) is -2.11. The van der Waals surface area contributed by atoms with E-state index in [0.29, 0.717) is 11.7 Å². The van der Waals surface area contributed by atoms with Gasteiger partial charge in [-0.15, -0.1) is 0 Å². The van der Waals surface area contributed by atoms with Gasteiger partial charge in [-0.05, 0) is 55.9 Å². The quantitative estimate of drug-likeness (QED) is 0.743. The van der Waals surface area contributed by atoms with E-state index in [1.807, 2.05) is 0 Å². The molecule has 0 saturated heterocycles. The van der Waals surface area contributed by atoms with Crippen LogP contribution >= 0.6 is 0 Å². The molecule has 6 nitrogen and oxygen atoms in total. The summed E-state index contributed by atoms with van der Waals surface area (Å²) in [5, 5.41) is 0. The van der Waals surface area contributed by atoms with E-state index in [9.17, 15) is 17.6 Å². The molecule has 2 rings (SSSR count). The molecule has 1 fully saturated rings. The van der Waals surface area contributed by atoms with Crippen molar-refractivity contribution in [2.45, 2.75) is 38.6 Å². The van der Waals surface area contributed by atoms with Crippen LogP contribution < -0.4 is 9.46 Å². The van der Waals surface area contributed by atoms with Crippen molar-refractivity contribution in [3.8, 4) is 5.75 Å². The molecule has 1 aliphatic rings. The summed E-state index contributed by atoms with van der Waals surface area (Å²) in [5.74, 6) is -0.275. The maximum atomic E-state index is 12.8. The Labute approximate surface area is 154 Å². The fourth-order valence-corrected chi connectivity index (χ4v) is 4.27. The lowest BCUT2D eigenvalue weighted by Gasteiger charge is -2.27. The molecule has 1 N–H and O–H groups in total. The standard InChI is InChI=1S/C18H27FN2O4S/c1-14-3-7-16(8-4-14)20-26(23,24)13-18(22)21(2)11-12-25-17-9-5-15(19)6-10-17/h5-6,9-10,14,16,20H,3-4,7-8,11-13H2,1-2H3. The van der Waals surface area contributed by atoms with E-state index in [4.69, 9.17) is 4.74 Å². The zero-order valence-corrected chi connectivity index (χ0v) is 16.1. The van der Waals surface area contributed by atoms with Crippen LogP contribution in [-0.2, 0) is 14.8 Å². The first kappa shape index (κ1) is 20.6. The van der Waals surface area contributed by atoms with Crippen molar-refractivity contribution < 1.29 is 22.3 Å². The zero-order chi connectivity index (χ0) is 19.2. The van der Waals surface area contributed by atoms with Crippen LogP contribution in [0.5, 0.6) is 5.75 Å². The van der Waals surface area contributed by atoms with Crippen LogP contribution in [0.3, 0.4) is 0 Å². The minimum Gasteiger partial charge on any atom is -0.492 e. The Hall–Kier alpha value is -1.67. The summed E-state index contributed by atoms with van der Waals surface area (Å²) in [4.78, 5) is 13.5. The second-order valence-corrected chi connectivity index (χ2v) is 8.71. The summed E-state index contributed by atoms with van der Waals surface area (Å²) >= 11 is 0. The number of sulfonamides is 1. The van der Waals surface area contributed by atoms with E-state index in [1.165, 1.54) is 36.2 Å². The predicted octanol–water partition coefficient (Wildman–Crippen LogP) is 2.16. The van der Waals surface area contributed by atoms with E-state index in [-0.39, 0.29) is 25.0 Å². The Morgan fingerprint density at radius 3 is 2.46 bits per heavy atom. The first-order valence-electron chi connectivity index (χ1n) is 8.87. The first-order valence-corrected chi connectivity index (χ1v) is 10.5. The van der Waals surface area contributed by atoms with Gasteiger partial charge in [-0.2, -0.15) is 0 Å². The van der Waals surface area contributed by atoms with Crippen LogP contribution in [0.2, 0.25) is 0 Å². The number of hydrogen-bond acceptors (Lipinski definition) is 4. The number of ether oxygens (including phenoxy) is 1. The highest BCUT2D eigenvalue weighted by atomic mass is 32.2. The smallest absolute Gasteiger partial charge is 0.239 e. The molecule has 0 atom stereocenters. The maximum absolute atomic E-state index is 12.8. The van der Waals surface area contributed by atoms with Gasteiger partial charge in [0.15, 0.2) is 0 Å². The van der Waals surface area contributed by atoms with E-state index in [0.717, 1.165) is 25.7 Å². The van der Waals surface area contributed by atoms with Crippen molar-refractivity contribution in [3.05, 3.63) is 30.1 Å². The van der Waals surface area contributed by atoms with Crippen molar-refractivity contribution in [2.24, 2.45) is 5.92 Å². The van der Waals surface area contributed by atoms with Gasteiger partial charge in [-0.1, -0.05) is 6.92 Å². The lowest BCUT2D eigenvalue weighted by atomic mass is 9.88. The molecular weight excluding hydrogens is 359 g/mol. The number of likely N-dealkylation sites (N-methyl/N-ethyl adjacent to an activating group) is 1. The fourth-order valence-electron chi connectivity index (χ4n) is 2.90. The molecule has 1 aromatic rings. The molecule has 1 saturated carbocycles. The molecule has 0 bridgehead atoms. The highest BCUT2D eigenvalue weighted by Crippen LogP contribution is 2.23. The Morgan fingerprint density at radius 2 is 1.85 bits per heavy atom. The normalized spacial score (nSPS) is 20.6.